The van der Waals surface area contributed by atoms with Crippen molar-refractivity contribution in [3.05, 3.63) is 42.2 Å². The van der Waals surface area contributed by atoms with E-state index in [1.807, 2.05) is 36.4 Å². The number of hydrogen-bond acceptors (Lipinski definition) is 6. The molecule has 0 spiro atoms. The summed E-state index contributed by atoms with van der Waals surface area (Å²) in [6.45, 7) is 2.22. The molecule has 2 aromatic heterocycles. The predicted molar refractivity (Wildman–Crippen MR) is 91.8 cm³/mol. The molecule has 4 rings (SSSR count). The Hall–Kier alpha value is -2.22. The Morgan fingerprint density at radius 3 is 3.08 bits per heavy atom. The van der Waals surface area contributed by atoms with Gasteiger partial charge in [-0.1, -0.05) is 12.1 Å². The maximum atomic E-state index is 12.0. The van der Waals surface area contributed by atoms with E-state index in [4.69, 9.17) is 9.15 Å². The van der Waals surface area contributed by atoms with E-state index >= 15 is 0 Å². The van der Waals surface area contributed by atoms with Crippen LogP contribution in [0.4, 0.5) is 0 Å². The SMILES string of the molecule is O=C(NCc1ccc(-c2nc3ccccc3s2)o1)C1CNCCO1. The van der Waals surface area contributed by atoms with Gasteiger partial charge in [-0.2, -0.15) is 0 Å². The van der Waals surface area contributed by atoms with Gasteiger partial charge in [0.25, 0.3) is 5.91 Å². The van der Waals surface area contributed by atoms with Gasteiger partial charge in [0.05, 0.1) is 23.4 Å². The zero-order chi connectivity index (χ0) is 16.4. The van der Waals surface area contributed by atoms with E-state index in [9.17, 15) is 4.79 Å². The molecule has 1 unspecified atom stereocenters. The number of aromatic nitrogens is 1. The zero-order valence-electron chi connectivity index (χ0n) is 13.0. The molecule has 0 bridgehead atoms. The molecule has 24 heavy (non-hydrogen) atoms. The summed E-state index contributed by atoms with van der Waals surface area (Å²) in [5, 5.41) is 6.82. The number of thiazole rings is 1. The van der Waals surface area contributed by atoms with Crippen molar-refractivity contribution in [3.63, 3.8) is 0 Å². The van der Waals surface area contributed by atoms with Crippen LogP contribution in [0.1, 0.15) is 5.76 Å². The van der Waals surface area contributed by atoms with Gasteiger partial charge in [0.1, 0.15) is 11.9 Å². The fourth-order valence-corrected chi connectivity index (χ4v) is 3.51. The number of nitrogens with zero attached hydrogens (tertiary/aromatic N) is 1. The predicted octanol–water partition coefficient (Wildman–Crippen LogP) is 2.16. The summed E-state index contributed by atoms with van der Waals surface area (Å²) in [6.07, 6.45) is -0.433. The van der Waals surface area contributed by atoms with E-state index in [0.717, 1.165) is 27.5 Å². The normalized spacial score (nSPS) is 17.9. The minimum absolute atomic E-state index is 0.125. The van der Waals surface area contributed by atoms with E-state index in [2.05, 4.69) is 15.6 Å². The molecule has 1 aliphatic rings. The first-order chi connectivity index (χ1) is 11.8. The lowest BCUT2D eigenvalue weighted by atomic mass is 10.3. The maximum Gasteiger partial charge on any atom is 0.250 e. The minimum Gasteiger partial charge on any atom is -0.457 e. The molecule has 3 heterocycles. The van der Waals surface area contributed by atoms with Gasteiger partial charge in [-0.25, -0.2) is 4.98 Å². The number of nitrogens with one attached hydrogen (secondary N) is 2. The molecule has 7 heteroatoms. The van der Waals surface area contributed by atoms with Gasteiger partial charge in [0.15, 0.2) is 10.8 Å². The lowest BCUT2D eigenvalue weighted by molar-refractivity contribution is -0.134. The first kappa shape index (κ1) is 15.3. The molecule has 0 aliphatic carbocycles. The molecular formula is C17H17N3O3S. The van der Waals surface area contributed by atoms with Crippen LogP contribution >= 0.6 is 11.3 Å². The maximum absolute atomic E-state index is 12.0. The van der Waals surface area contributed by atoms with Crippen molar-refractivity contribution >= 4 is 27.5 Å². The molecule has 0 saturated carbocycles. The van der Waals surface area contributed by atoms with Crippen molar-refractivity contribution in [1.82, 2.24) is 15.6 Å². The molecule has 1 aliphatic heterocycles. The van der Waals surface area contributed by atoms with Crippen molar-refractivity contribution in [3.8, 4) is 10.8 Å². The van der Waals surface area contributed by atoms with Crippen LogP contribution in [-0.4, -0.2) is 36.7 Å². The third kappa shape index (κ3) is 3.19. The van der Waals surface area contributed by atoms with Crippen molar-refractivity contribution in [1.29, 1.82) is 0 Å². The molecule has 124 valence electrons. The van der Waals surface area contributed by atoms with Crippen molar-refractivity contribution in [2.24, 2.45) is 0 Å². The number of hydrogen-bond donors (Lipinski definition) is 2. The second-order valence-electron chi connectivity index (χ2n) is 5.53. The number of rotatable bonds is 4. The highest BCUT2D eigenvalue weighted by molar-refractivity contribution is 7.21. The second-order valence-corrected chi connectivity index (χ2v) is 6.56. The van der Waals surface area contributed by atoms with Crippen molar-refractivity contribution in [2.75, 3.05) is 19.7 Å². The fraction of sp³-hybridized carbons (Fsp3) is 0.294. The lowest BCUT2D eigenvalue weighted by Crippen LogP contribution is -2.47. The summed E-state index contributed by atoms with van der Waals surface area (Å²) in [4.78, 5) is 16.6. The summed E-state index contributed by atoms with van der Waals surface area (Å²) in [6, 6.07) is 11.7. The van der Waals surface area contributed by atoms with Crippen LogP contribution in [0.15, 0.2) is 40.8 Å². The number of carbonyl (C=O) groups is 1. The van der Waals surface area contributed by atoms with Crippen LogP contribution in [0, 0.1) is 0 Å². The summed E-state index contributed by atoms with van der Waals surface area (Å²) in [5.41, 5.74) is 0.964. The van der Waals surface area contributed by atoms with Crippen LogP contribution in [0.3, 0.4) is 0 Å². The van der Waals surface area contributed by atoms with Crippen molar-refractivity contribution < 1.29 is 13.9 Å². The van der Waals surface area contributed by atoms with Gasteiger partial charge in [-0.15, -0.1) is 11.3 Å². The molecule has 6 nitrogen and oxygen atoms in total. The second kappa shape index (κ2) is 6.72. The monoisotopic (exact) mass is 343 g/mol. The fourth-order valence-electron chi connectivity index (χ4n) is 2.59. The molecule has 1 aromatic carbocycles. The van der Waals surface area contributed by atoms with Crippen LogP contribution in [-0.2, 0) is 16.1 Å². The summed E-state index contributed by atoms with van der Waals surface area (Å²) in [7, 11) is 0. The highest BCUT2D eigenvalue weighted by Crippen LogP contribution is 2.31. The summed E-state index contributed by atoms with van der Waals surface area (Å²) >= 11 is 1.59. The number of fused-ring (bicyclic) bond motifs is 1. The number of amides is 1. The number of furan rings is 1. The van der Waals surface area contributed by atoms with E-state index in [-0.39, 0.29) is 5.91 Å². The van der Waals surface area contributed by atoms with Gasteiger partial charge in [-0.05, 0) is 24.3 Å². The first-order valence-corrected chi connectivity index (χ1v) is 8.66. The molecular weight excluding hydrogens is 326 g/mol. The Morgan fingerprint density at radius 2 is 2.25 bits per heavy atom. The van der Waals surface area contributed by atoms with Crippen LogP contribution in [0.2, 0.25) is 0 Å². The molecule has 0 radical (unpaired) electrons. The van der Waals surface area contributed by atoms with Crippen LogP contribution < -0.4 is 10.6 Å². The molecule has 1 saturated heterocycles. The largest absolute Gasteiger partial charge is 0.457 e. The van der Waals surface area contributed by atoms with Crippen LogP contribution in [0.5, 0.6) is 0 Å². The van der Waals surface area contributed by atoms with Gasteiger partial charge >= 0.3 is 0 Å². The lowest BCUT2D eigenvalue weighted by Gasteiger charge is -2.22. The zero-order valence-corrected chi connectivity index (χ0v) is 13.8. The Balaban J connectivity index is 1.42. The first-order valence-electron chi connectivity index (χ1n) is 7.84. The number of ether oxygens (including phenoxy) is 1. The van der Waals surface area contributed by atoms with Gasteiger partial charge in [0, 0.05) is 13.1 Å². The van der Waals surface area contributed by atoms with Crippen molar-refractivity contribution in [2.45, 2.75) is 12.6 Å². The molecule has 2 N–H and O–H groups in total. The summed E-state index contributed by atoms with van der Waals surface area (Å²) in [5.74, 6) is 1.29. The minimum atomic E-state index is -0.433. The number of para-hydroxylation sites is 1. The topological polar surface area (TPSA) is 76.4 Å². The van der Waals surface area contributed by atoms with Gasteiger partial charge in [-0.3, -0.25) is 4.79 Å². The Labute approximate surface area is 142 Å². The van der Waals surface area contributed by atoms with E-state index < -0.39 is 6.10 Å². The number of morpholine rings is 1. The Kier molecular flexibility index (Phi) is 4.29. The van der Waals surface area contributed by atoms with E-state index in [1.165, 1.54) is 0 Å². The highest BCUT2D eigenvalue weighted by Gasteiger charge is 2.21. The Morgan fingerprint density at radius 1 is 1.33 bits per heavy atom. The summed E-state index contributed by atoms with van der Waals surface area (Å²) < 4.78 is 12.4. The third-order valence-electron chi connectivity index (χ3n) is 3.82. The number of carbonyl (C=O) groups excluding carboxylic acids is 1. The third-order valence-corrected chi connectivity index (χ3v) is 4.87. The molecule has 1 atom stereocenters. The van der Waals surface area contributed by atoms with E-state index in [0.29, 0.717) is 25.5 Å². The highest BCUT2D eigenvalue weighted by atomic mass is 32.1. The van der Waals surface area contributed by atoms with Crippen LogP contribution in [0.25, 0.3) is 21.0 Å². The molecule has 3 aromatic rings. The average molecular weight is 343 g/mol. The average Bonchev–Trinajstić information content (AvgIpc) is 3.27. The standard InChI is InChI=1S/C17H17N3O3S/c21-16(14-10-18-7-8-22-14)19-9-11-5-6-13(23-11)17-20-12-3-1-2-4-15(12)24-17/h1-6,14,18H,7-10H2,(H,19,21). The van der Waals surface area contributed by atoms with Gasteiger partial charge in [0.2, 0.25) is 0 Å². The molecule has 1 fully saturated rings. The number of benzene rings is 1. The Bertz CT molecular complexity index is 819. The molecule has 1 amide bonds. The quantitative estimate of drug-likeness (QED) is 0.759. The van der Waals surface area contributed by atoms with Gasteiger partial charge < -0.3 is 19.8 Å². The smallest absolute Gasteiger partial charge is 0.250 e. The van der Waals surface area contributed by atoms with E-state index in [1.54, 1.807) is 11.3 Å².